The van der Waals surface area contributed by atoms with Gasteiger partial charge in [-0.1, -0.05) is 60.4 Å². The van der Waals surface area contributed by atoms with E-state index in [1.807, 2.05) is 0 Å². The standard InChI is InChI=1S/C32H26O5/c1-5-31(33,23-7-15-27(35-3)16-8-23)25-11-19-29(20-12-25)37-30-21-13-26(14-22-30)32(34,6-2)24-9-17-28(36-4)18-10-24/h1-2,7-22,33-34H,3-4H3. The van der Waals surface area contributed by atoms with Gasteiger partial charge in [0.25, 0.3) is 0 Å². The van der Waals surface area contributed by atoms with Gasteiger partial charge in [0.2, 0.25) is 0 Å². The number of ether oxygens (including phenoxy) is 3. The molecule has 0 spiro atoms. The maximum Gasteiger partial charge on any atom is 0.176 e. The number of hydrogen-bond acceptors (Lipinski definition) is 5. The van der Waals surface area contributed by atoms with E-state index in [0.29, 0.717) is 45.3 Å². The first kappa shape index (κ1) is 25.4. The second-order valence-corrected chi connectivity index (χ2v) is 8.32. The average molecular weight is 491 g/mol. The fourth-order valence-corrected chi connectivity index (χ4v) is 4.00. The summed E-state index contributed by atoms with van der Waals surface area (Å²) in [5.74, 6) is 7.42. The molecule has 0 aliphatic heterocycles. The SMILES string of the molecule is C#CC(O)(c1ccc(OC)cc1)c1ccc(Oc2ccc(C(O)(C#C)c3ccc(OC)cc3)cc2)cc1. The van der Waals surface area contributed by atoms with Gasteiger partial charge in [-0.25, -0.2) is 0 Å². The van der Waals surface area contributed by atoms with E-state index in [2.05, 4.69) is 11.8 Å². The molecule has 4 aromatic carbocycles. The Morgan fingerprint density at radius 2 is 0.730 bits per heavy atom. The van der Waals surface area contributed by atoms with E-state index in [0.717, 1.165) is 0 Å². The molecule has 2 unspecified atom stereocenters. The van der Waals surface area contributed by atoms with Gasteiger partial charge in [0.05, 0.1) is 14.2 Å². The van der Waals surface area contributed by atoms with Gasteiger partial charge in [0, 0.05) is 22.3 Å². The molecule has 2 atom stereocenters. The quantitative estimate of drug-likeness (QED) is 0.331. The highest BCUT2D eigenvalue weighted by Crippen LogP contribution is 2.34. The summed E-state index contributed by atoms with van der Waals surface area (Å²) in [4.78, 5) is 0. The van der Waals surface area contributed by atoms with E-state index in [4.69, 9.17) is 27.1 Å². The number of terminal acetylenes is 2. The van der Waals surface area contributed by atoms with E-state index >= 15 is 0 Å². The molecule has 0 amide bonds. The number of methoxy groups -OCH3 is 2. The summed E-state index contributed by atoms with van der Waals surface area (Å²) < 4.78 is 16.3. The van der Waals surface area contributed by atoms with Crippen molar-refractivity contribution in [1.29, 1.82) is 0 Å². The summed E-state index contributed by atoms with van der Waals surface area (Å²) in [6, 6.07) is 27.7. The van der Waals surface area contributed by atoms with Crippen LogP contribution >= 0.6 is 0 Å². The third-order valence-electron chi connectivity index (χ3n) is 6.21. The van der Waals surface area contributed by atoms with Crippen molar-refractivity contribution in [3.05, 3.63) is 119 Å². The molecule has 184 valence electrons. The molecule has 0 aromatic heterocycles. The fourth-order valence-electron chi connectivity index (χ4n) is 4.00. The Labute approximate surface area is 216 Å². The maximum atomic E-state index is 11.2. The van der Waals surface area contributed by atoms with Gasteiger partial charge < -0.3 is 24.4 Å². The zero-order valence-electron chi connectivity index (χ0n) is 20.5. The molecule has 5 heteroatoms. The molecule has 0 saturated heterocycles. The molecule has 2 N–H and O–H groups in total. The zero-order valence-corrected chi connectivity index (χ0v) is 20.5. The van der Waals surface area contributed by atoms with Gasteiger partial charge in [0.15, 0.2) is 11.2 Å². The van der Waals surface area contributed by atoms with E-state index in [1.165, 1.54) is 0 Å². The van der Waals surface area contributed by atoms with Gasteiger partial charge in [0.1, 0.15) is 23.0 Å². The molecule has 0 aliphatic rings. The molecule has 0 heterocycles. The topological polar surface area (TPSA) is 68.2 Å². The minimum absolute atomic E-state index is 0.529. The summed E-state index contributed by atoms with van der Waals surface area (Å²) in [5, 5.41) is 22.4. The van der Waals surface area contributed by atoms with E-state index in [-0.39, 0.29) is 0 Å². The van der Waals surface area contributed by atoms with E-state index in [9.17, 15) is 10.2 Å². The summed E-state index contributed by atoms with van der Waals surface area (Å²) >= 11 is 0. The van der Waals surface area contributed by atoms with E-state index in [1.54, 1.807) is 111 Å². The first-order chi connectivity index (χ1) is 17.9. The van der Waals surface area contributed by atoms with Crippen molar-refractivity contribution in [2.75, 3.05) is 14.2 Å². The third-order valence-corrected chi connectivity index (χ3v) is 6.21. The Morgan fingerprint density at radius 1 is 0.486 bits per heavy atom. The second kappa shape index (κ2) is 10.5. The van der Waals surface area contributed by atoms with Crippen molar-refractivity contribution in [3.63, 3.8) is 0 Å². The average Bonchev–Trinajstić information content (AvgIpc) is 2.97. The lowest BCUT2D eigenvalue weighted by molar-refractivity contribution is 0.145. The highest BCUT2D eigenvalue weighted by molar-refractivity contribution is 5.49. The number of hydrogen-bond donors (Lipinski definition) is 2. The van der Waals surface area contributed by atoms with Crippen molar-refractivity contribution in [2.24, 2.45) is 0 Å². The van der Waals surface area contributed by atoms with Crippen LogP contribution in [0.15, 0.2) is 97.1 Å². The largest absolute Gasteiger partial charge is 0.497 e. The minimum Gasteiger partial charge on any atom is -0.497 e. The van der Waals surface area contributed by atoms with E-state index < -0.39 is 11.2 Å². The normalized spacial score (nSPS) is 13.8. The molecule has 0 bridgehead atoms. The molecule has 4 rings (SSSR count). The summed E-state index contributed by atoms with van der Waals surface area (Å²) in [6.07, 6.45) is 11.4. The molecule has 37 heavy (non-hydrogen) atoms. The lowest BCUT2D eigenvalue weighted by atomic mass is 9.87. The second-order valence-electron chi connectivity index (χ2n) is 8.32. The Kier molecular flexibility index (Phi) is 7.22. The van der Waals surface area contributed by atoms with Crippen LogP contribution in [0.2, 0.25) is 0 Å². The Bertz CT molecular complexity index is 1310. The molecule has 4 aromatic rings. The van der Waals surface area contributed by atoms with Crippen LogP contribution in [0.4, 0.5) is 0 Å². The molecule has 0 fully saturated rings. The van der Waals surface area contributed by atoms with Crippen LogP contribution in [0, 0.1) is 24.7 Å². The van der Waals surface area contributed by atoms with Crippen LogP contribution < -0.4 is 14.2 Å². The van der Waals surface area contributed by atoms with Gasteiger partial charge in [-0.3, -0.25) is 0 Å². The first-order valence-corrected chi connectivity index (χ1v) is 11.4. The summed E-state index contributed by atoms with van der Waals surface area (Å²) in [7, 11) is 3.15. The van der Waals surface area contributed by atoms with Crippen molar-refractivity contribution in [3.8, 4) is 47.7 Å². The van der Waals surface area contributed by atoms with Crippen LogP contribution in [0.1, 0.15) is 22.3 Å². The monoisotopic (exact) mass is 490 g/mol. The summed E-state index contributed by atoms with van der Waals surface area (Å²) in [6.45, 7) is 0. The molecule has 0 aliphatic carbocycles. The third kappa shape index (κ3) is 5.01. The smallest absolute Gasteiger partial charge is 0.176 e. The number of aliphatic hydroxyl groups is 2. The van der Waals surface area contributed by atoms with Crippen LogP contribution in [0.3, 0.4) is 0 Å². The lowest BCUT2D eigenvalue weighted by Crippen LogP contribution is -2.25. The lowest BCUT2D eigenvalue weighted by Gasteiger charge is -2.24. The van der Waals surface area contributed by atoms with Crippen molar-refractivity contribution >= 4 is 0 Å². The van der Waals surface area contributed by atoms with Crippen LogP contribution in [-0.2, 0) is 11.2 Å². The van der Waals surface area contributed by atoms with Crippen molar-refractivity contribution in [1.82, 2.24) is 0 Å². The van der Waals surface area contributed by atoms with Crippen molar-refractivity contribution < 1.29 is 24.4 Å². The Balaban J connectivity index is 1.52. The molecule has 0 radical (unpaired) electrons. The zero-order chi connectivity index (χ0) is 26.5. The highest BCUT2D eigenvalue weighted by Gasteiger charge is 2.30. The molecular formula is C32H26O5. The van der Waals surface area contributed by atoms with Gasteiger partial charge in [-0.15, -0.1) is 12.8 Å². The molecular weight excluding hydrogens is 464 g/mol. The highest BCUT2D eigenvalue weighted by atomic mass is 16.5. The number of benzene rings is 4. The minimum atomic E-state index is -1.60. The molecule has 0 saturated carbocycles. The number of rotatable bonds is 8. The van der Waals surface area contributed by atoms with Crippen LogP contribution in [0.25, 0.3) is 0 Å². The Hall–Kier alpha value is -4.68. The fraction of sp³-hybridized carbons (Fsp3) is 0.125. The van der Waals surface area contributed by atoms with Crippen LogP contribution in [0.5, 0.6) is 23.0 Å². The predicted molar refractivity (Wildman–Crippen MR) is 143 cm³/mol. The first-order valence-electron chi connectivity index (χ1n) is 11.4. The molecule has 5 nitrogen and oxygen atoms in total. The Morgan fingerprint density at radius 3 is 0.946 bits per heavy atom. The van der Waals surface area contributed by atoms with Gasteiger partial charge in [-0.2, -0.15) is 0 Å². The summed E-state index contributed by atoms with van der Waals surface area (Å²) in [5.41, 5.74) is -1.04. The predicted octanol–water partition coefficient (Wildman–Crippen LogP) is 5.23. The van der Waals surface area contributed by atoms with Crippen LogP contribution in [-0.4, -0.2) is 24.4 Å². The maximum absolute atomic E-state index is 11.2. The van der Waals surface area contributed by atoms with Gasteiger partial charge >= 0.3 is 0 Å². The van der Waals surface area contributed by atoms with Gasteiger partial charge in [-0.05, 0) is 48.5 Å². The van der Waals surface area contributed by atoms with Crippen molar-refractivity contribution in [2.45, 2.75) is 11.2 Å².